The SMILES string of the molecule is CC(C)(C1CCN(C(=O)NOCc2ccccc2)CC1)[C@H](O)c1cc(Cl)cc2cn[nH]c12. The lowest BCUT2D eigenvalue weighted by atomic mass is 9.68. The zero-order valence-corrected chi connectivity index (χ0v) is 19.1. The summed E-state index contributed by atoms with van der Waals surface area (Å²) in [5.41, 5.74) is 4.69. The van der Waals surface area contributed by atoms with Crippen molar-refractivity contribution in [3.63, 3.8) is 0 Å². The molecule has 0 bridgehead atoms. The maximum Gasteiger partial charge on any atom is 0.341 e. The molecule has 3 aromatic rings. The van der Waals surface area contributed by atoms with E-state index in [9.17, 15) is 9.90 Å². The Bertz CT molecular complexity index is 1060. The number of piperidine rings is 1. The van der Waals surface area contributed by atoms with E-state index in [2.05, 4.69) is 29.5 Å². The number of aromatic nitrogens is 2. The summed E-state index contributed by atoms with van der Waals surface area (Å²) >= 11 is 6.28. The van der Waals surface area contributed by atoms with E-state index in [1.165, 1.54) is 0 Å². The number of amides is 2. The van der Waals surface area contributed by atoms with Crippen LogP contribution in [0.15, 0.2) is 48.7 Å². The van der Waals surface area contributed by atoms with Gasteiger partial charge in [-0.15, -0.1) is 0 Å². The maximum atomic E-state index is 12.5. The predicted molar refractivity (Wildman–Crippen MR) is 124 cm³/mol. The third-order valence-corrected chi connectivity index (χ3v) is 6.84. The molecule has 1 aliphatic heterocycles. The zero-order chi connectivity index (χ0) is 22.7. The Labute approximate surface area is 192 Å². The standard InChI is InChI=1S/C24H29ClN4O3/c1-24(2,22(30)20-13-19(25)12-17-14-26-27-21(17)20)18-8-10-29(11-9-18)23(31)28-32-15-16-6-4-3-5-7-16/h3-7,12-14,18,22,30H,8-11,15H2,1-2H3,(H,26,27)(H,28,31)/t22-/m1/s1. The number of aromatic amines is 1. The van der Waals surface area contributed by atoms with Crippen LogP contribution in [-0.4, -0.2) is 39.3 Å². The Morgan fingerprint density at radius 2 is 2.03 bits per heavy atom. The molecule has 1 atom stereocenters. The van der Waals surface area contributed by atoms with Gasteiger partial charge in [0.2, 0.25) is 0 Å². The predicted octanol–water partition coefficient (Wildman–Crippen LogP) is 4.83. The number of hydrogen-bond acceptors (Lipinski definition) is 4. The molecule has 1 fully saturated rings. The first kappa shape index (κ1) is 22.6. The molecule has 1 aromatic heterocycles. The lowest BCUT2D eigenvalue weighted by Crippen LogP contribution is -2.47. The minimum absolute atomic E-state index is 0.230. The molecule has 3 N–H and O–H groups in total. The Morgan fingerprint density at radius 3 is 2.75 bits per heavy atom. The summed E-state index contributed by atoms with van der Waals surface area (Å²) in [6.45, 7) is 5.69. The average molecular weight is 457 g/mol. The molecule has 170 valence electrons. The van der Waals surface area contributed by atoms with Crippen LogP contribution in [0.25, 0.3) is 10.9 Å². The molecule has 1 saturated heterocycles. The lowest BCUT2D eigenvalue weighted by Gasteiger charge is -2.43. The highest BCUT2D eigenvalue weighted by Crippen LogP contribution is 2.46. The molecule has 0 radical (unpaired) electrons. The van der Waals surface area contributed by atoms with E-state index in [4.69, 9.17) is 16.4 Å². The highest BCUT2D eigenvalue weighted by molar-refractivity contribution is 6.31. The van der Waals surface area contributed by atoms with Crippen molar-refractivity contribution in [3.05, 3.63) is 64.8 Å². The van der Waals surface area contributed by atoms with E-state index in [1.54, 1.807) is 17.2 Å². The molecule has 1 aliphatic rings. The van der Waals surface area contributed by atoms with Gasteiger partial charge in [0, 0.05) is 29.1 Å². The van der Waals surface area contributed by atoms with Crippen molar-refractivity contribution >= 4 is 28.5 Å². The first-order chi connectivity index (χ1) is 15.4. The van der Waals surface area contributed by atoms with Crippen LogP contribution in [0.5, 0.6) is 0 Å². The van der Waals surface area contributed by atoms with Gasteiger partial charge >= 0.3 is 6.03 Å². The number of aliphatic hydroxyl groups excluding tert-OH is 1. The molecule has 7 nitrogen and oxygen atoms in total. The summed E-state index contributed by atoms with van der Waals surface area (Å²) in [7, 11) is 0. The fourth-order valence-corrected chi connectivity index (χ4v) is 4.77. The maximum absolute atomic E-state index is 12.5. The average Bonchev–Trinajstić information content (AvgIpc) is 3.27. The molecule has 4 rings (SSSR count). The molecular weight excluding hydrogens is 428 g/mol. The molecule has 0 unspecified atom stereocenters. The minimum atomic E-state index is -0.719. The molecule has 0 spiro atoms. The van der Waals surface area contributed by atoms with Crippen molar-refractivity contribution in [2.75, 3.05) is 13.1 Å². The molecule has 32 heavy (non-hydrogen) atoms. The van der Waals surface area contributed by atoms with Crippen molar-refractivity contribution in [2.24, 2.45) is 11.3 Å². The van der Waals surface area contributed by atoms with Gasteiger partial charge in [0.05, 0.1) is 24.4 Å². The normalized spacial score (nSPS) is 16.3. The van der Waals surface area contributed by atoms with Crippen molar-refractivity contribution in [2.45, 2.75) is 39.4 Å². The number of halogens is 1. The second-order valence-corrected chi connectivity index (χ2v) is 9.43. The van der Waals surface area contributed by atoms with E-state index < -0.39 is 11.5 Å². The third kappa shape index (κ3) is 4.75. The summed E-state index contributed by atoms with van der Waals surface area (Å²) < 4.78 is 0. The van der Waals surface area contributed by atoms with Gasteiger partial charge < -0.3 is 10.0 Å². The van der Waals surface area contributed by atoms with Gasteiger partial charge in [0.1, 0.15) is 0 Å². The van der Waals surface area contributed by atoms with Crippen molar-refractivity contribution in [1.29, 1.82) is 0 Å². The Balaban J connectivity index is 1.34. The summed E-state index contributed by atoms with van der Waals surface area (Å²) in [5, 5.41) is 19.9. The Hall–Kier alpha value is -2.61. The topological polar surface area (TPSA) is 90.5 Å². The van der Waals surface area contributed by atoms with Crippen LogP contribution in [0.2, 0.25) is 5.02 Å². The Kier molecular flexibility index (Phi) is 6.69. The van der Waals surface area contributed by atoms with E-state index in [-0.39, 0.29) is 11.9 Å². The highest BCUT2D eigenvalue weighted by Gasteiger charge is 2.40. The lowest BCUT2D eigenvalue weighted by molar-refractivity contribution is -0.0187. The zero-order valence-electron chi connectivity index (χ0n) is 18.3. The fourth-order valence-electron chi connectivity index (χ4n) is 4.53. The summed E-state index contributed by atoms with van der Waals surface area (Å²) in [6, 6.07) is 13.1. The molecule has 8 heteroatoms. The number of likely N-dealkylation sites (tertiary alicyclic amines) is 1. The number of hydroxylamine groups is 1. The molecule has 0 aliphatic carbocycles. The van der Waals surface area contributed by atoms with Gasteiger partial charge in [-0.1, -0.05) is 55.8 Å². The van der Waals surface area contributed by atoms with Crippen molar-refractivity contribution in [3.8, 4) is 0 Å². The minimum Gasteiger partial charge on any atom is -0.388 e. The van der Waals surface area contributed by atoms with E-state index in [1.807, 2.05) is 36.4 Å². The van der Waals surface area contributed by atoms with Crippen LogP contribution in [0.1, 0.15) is 43.9 Å². The second-order valence-electron chi connectivity index (χ2n) is 9.00. The third-order valence-electron chi connectivity index (χ3n) is 6.62. The van der Waals surface area contributed by atoms with Gasteiger partial charge in [-0.05, 0) is 41.9 Å². The number of fused-ring (bicyclic) bond motifs is 1. The molecule has 2 aromatic carbocycles. The number of aliphatic hydroxyl groups is 1. The summed E-state index contributed by atoms with van der Waals surface area (Å²) in [4.78, 5) is 19.6. The monoisotopic (exact) mass is 456 g/mol. The molecule has 0 saturated carbocycles. The van der Waals surface area contributed by atoms with Gasteiger partial charge in [0.25, 0.3) is 0 Å². The van der Waals surface area contributed by atoms with Gasteiger partial charge in [-0.2, -0.15) is 5.10 Å². The summed E-state index contributed by atoms with van der Waals surface area (Å²) in [6.07, 6.45) is 2.58. The number of urea groups is 1. The first-order valence-corrected chi connectivity index (χ1v) is 11.3. The van der Waals surface area contributed by atoms with Crippen LogP contribution < -0.4 is 5.48 Å². The number of carbonyl (C=O) groups is 1. The van der Waals surface area contributed by atoms with Crippen LogP contribution in [0, 0.1) is 11.3 Å². The number of benzene rings is 2. The number of H-pyrrole nitrogens is 1. The van der Waals surface area contributed by atoms with E-state index in [0.717, 1.165) is 34.9 Å². The number of hydrogen-bond donors (Lipinski definition) is 3. The van der Waals surface area contributed by atoms with Crippen LogP contribution >= 0.6 is 11.6 Å². The molecule has 2 heterocycles. The Morgan fingerprint density at radius 1 is 1.31 bits per heavy atom. The van der Waals surface area contributed by atoms with Gasteiger partial charge in [0.15, 0.2) is 0 Å². The largest absolute Gasteiger partial charge is 0.388 e. The number of nitrogens with one attached hydrogen (secondary N) is 2. The second kappa shape index (κ2) is 9.48. The van der Waals surface area contributed by atoms with E-state index in [0.29, 0.717) is 24.7 Å². The highest BCUT2D eigenvalue weighted by atomic mass is 35.5. The van der Waals surface area contributed by atoms with Crippen LogP contribution in [0.3, 0.4) is 0 Å². The fraction of sp³-hybridized carbons (Fsp3) is 0.417. The number of rotatable bonds is 6. The first-order valence-electron chi connectivity index (χ1n) is 10.9. The molecule has 2 amide bonds. The van der Waals surface area contributed by atoms with Crippen LogP contribution in [0.4, 0.5) is 4.79 Å². The number of nitrogens with zero attached hydrogens (tertiary/aromatic N) is 2. The van der Waals surface area contributed by atoms with Gasteiger partial charge in [-0.25, -0.2) is 10.3 Å². The molecular formula is C24H29ClN4O3. The number of carbonyl (C=O) groups excluding carboxylic acids is 1. The summed E-state index contributed by atoms with van der Waals surface area (Å²) in [5.74, 6) is 0.240. The smallest absolute Gasteiger partial charge is 0.341 e. The van der Waals surface area contributed by atoms with Crippen LogP contribution in [-0.2, 0) is 11.4 Å². The quantitative estimate of drug-likeness (QED) is 0.463. The van der Waals surface area contributed by atoms with Gasteiger partial charge in [-0.3, -0.25) is 9.94 Å². The van der Waals surface area contributed by atoms with E-state index >= 15 is 0 Å². The van der Waals surface area contributed by atoms with Crippen molar-refractivity contribution in [1.82, 2.24) is 20.6 Å². The van der Waals surface area contributed by atoms with Crippen molar-refractivity contribution < 1.29 is 14.7 Å².